The van der Waals surface area contributed by atoms with Gasteiger partial charge in [-0.15, -0.1) is 0 Å². The van der Waals surface area contributed by atoms with Crippen molar-refractivity contribution in [3.05, 3.63) is 42.0 Å². The summed E-state index contributed by atoms with van der Waals surface area (Å²) in [5, 5.41) is 4.05. The minimum Gasteiger partial charge on any atom is -0.494 e. The third kappa shape index (κ3) is 3.30. The number of ether oxygens (including phenoxy) is 1. The number of hydrogen-bond acceptors (Lipinski definition) is 5. The van der Waals surface area contributed by atoms with Gasteiger partial charge in [-0.3, -0.25) is 16.0 Å². The molecule has 0 fully saturated rings. The van der Waals surface area contributed by atoms with Crippen LogP contribution in [-0.4, -0.2) is 21.4 Å². The molecule has 1 atom stereocenters. The van der Waals surface area contributed by atoms with E-state index in [1.807, 2.05) is 38.2 Å². The first-order valence-corrected chi connectivity index (χ1v) is 6.26. The quantitative estimate of drug-likeness (QED) is 0.598. The Kier molecular flexibility index (Phi) is 4.48. The van der Waals surface area contributed by atoms with Crippen LogP contribution in [0.2, 0.25) is 0 Å². The lowest BCUT2D eigenvalue weighted by molar-refractivity contribution is 0.340. The Labute approximate surface area is 112 Å². The number of nitrogens with zero attached hydrogens (tertiary/aromatic N) is 3. The lowest BCUT2D eigenvalue weighted by Crippen LogP contribution is -2.30. The molecule has 0 bridgehead atoms. The Hall–Kier alpha value is -1.92. The highest BCUT2D eigenvalue weighted by Crippen LogP contribution is 2.20. The molecule has 0 aliphatic rings. The molecule has 3 N–H and O–H groups in total. The van der Waals surface area contributed by atoms with Gasteiger partial charge in [-0.1, -0.05) is 12.1 Å². The number of nitrogens with one attached hydrogen (secondary N) is 1. The summed E-state index contributed by atoms with van der Waals surface area (Å²) in [5.41, 5.74) is 3.91. The van der Waals surface area contributed by atoms with Gasteiger partial charge in [0.1, 0.15) is 17.9 Å². The van der Waals surface area contributed by atoms with Gasteiger partial charge in [0.05, 0.1) is 12.6 Å². The van der Waals surface area contributed by atoms with Crippen molar-refractivity contribution in [2.24, 2.45) is 12.9 Å². The minimum absolute atomic E-state index is 0.00132. The summed E-state index contributed by atoms with van der Waals surface area (Å²) in [7, 11) is 1.87. The molecule has 0 aliphatic carbocycles. The number of hydrogen-bond donors (Lipinski definition) is 2. The normalized spacial score (nSPS) is 12.4. The van der Waals surface area contributed by atoms with Gasteiger partial charge in [-0.2, -0.15) is 5.10 Å². The van der Waals surface area contributed by atoms with Gasteiger partial charge in [0.15, 0.2) is 0 Å². The largest absolute Gasteiger partial charge is 0.494 e. The summed E-state index contributed by atoms with van der Waals surface area (Å²) in [5.74, 6) is 7.38. The molecule has 6 heteroatoms. The van der Waals surface area contributed by atoms with Crippen LogP contribution in [0.5, 0.6) is 5.75 Å². The molecule has 0 aliphatic heterocycles. The van der Waals surface area contributed by atoms with E-state index >= 15 is 0 Å². The molecule has 1 unspecified atom stereocenters. The van der Waals surface area contributed by atoms with Crippen LogP contribution in [0.3, 0.4) is 0 Å². The smallest absolute Gasteiger partial charge is 0.138 e. The van der Waals surface area contributed by atoms with Crippen molar-refractivity contribution in [1.29, 1.82) is 0 Å². The highest BCUT2D eigenvalue weighted by Gasteiger charge is 2.13. The molecule has 0 saturated carbocycles. The zero-order chi connectivity index (χ0) is 13.7. The number of aromatic nitrogens is 3. The van der Waals surface area contributed by atoms with E-state index in [9.17, 15) is 0 Å². The van der Waals surface area contributed by atoms with Gasteiger partial charge < -0.3 is 4.74 Å². The monoisotopic (exact) mass is 261 g/mol. The Morgan fingerprint density at radius 2 is 2.11 bits per heavy atom. The van der Waals surface area contributed by atoms with Gasteiger partial charge in [-0.05, 0) is 24.6 Å². The third-order valence-electron chi connectivity index (χ3n) is 2.99. The van der Waals surface area contributed by atoms with E-state index in [0.717, 1.165) is 17.1 Å². The Balaban J connectivity index is 2.11. The van der Waals surface area contributed by atoms with Crippen LogP contribution in [0, 0.1) is 0 Å². The van der Waals surface area contributed by atoms with Crippen molar-refractivity contribution in [3.63, 3.8) is 0 Å². The number of aryl methyl sites for hydroxylation is 1. The highest BCUT2D eigenvalue weighted by atomic mass is 16.5. The first-order valence-electron chi connectivity index (χ1n) is 6.26. The maximum atomic E-state index is 5.63. The summed E-state index contributed by atoms with van der Waals surface area (Å²) < 4.78 is 7.17. The van der Waals surface area contributed by atoms with Crippen LogP contribution in [0.4, 0.5) is 0 Å². The van der Waals surface area contributed by atoms with E-state index in [1.54, 1.807) is 11.0 Å². The zero-order valence-electron chi connectivity index (χ0n) is 11.2. The molecular weight excluding hydrogens is 242 g/mol. The van der Waals surface area contributed by atoms with Crippen molar-refractivity contribution in [1.82, 2.24) is 20.2 Å². The van der Waals surface area contributed by atoms with E-state index in [0.29, 0.717) is 13.0 Å². The van der Waals surface area contributed by atoms with E-state index in [4.69, 9.17) is 10.6 Å². The average molecular weight is 261 g/mol. The Bertz CT molecular complexity index is 508. The number of nitrogens with two attached hydrogens (primary N) is 1. The molecule has 19 heavy (non-hydrogen) atoms. The van der Waals surface area contributed by atoms with E-state index in [2.05, 4.69) is 15.5 Å². The molecule has 0 spiro atoms. The average Bonchev–Trinajstić information content (AvgIpc) is 2.83. The predicted molar refractivity (Wildman–Crippen MR) is 72.4 cm³/mol. The molecular formula is C13H19N5O. The van der Waals surface area contributed by atoms with E-state index in [-0.39, 0.29) is 6.04 Å². The fourth-order valence-electron chi connectivity index (χ4n) is 1.92. The van der Waals surface area contributed by atoms with E-state index < -0.39 is 0 Å². The topological polar surface area (TPSA) is 78.0 Å². The Morgan fingerprint density at radius 3 is 2.63 bits per heavy atom. The van der Waals surface area contributed by atoms with Crippen LogP contribution >= 0.6 is 0 Å². The second kappa shape index (κ2) is 6.31. The van der Waals surface area contributed by atoms with Crippen molar-refractivity contribution < 1.29 is 4.74 Å². The molecule has 1 heterocycles. The highest BCUT2D eigenvalue weighted by molar-refractivity contribution is 5.29. The fraction of sp³-hybridized carbons (Fsp3) is 0.385. The van der Waals surface area contributed by atoms with Crippen molar-refractivity contribution >= 4 is 0 Å². The maximum Gasteiger partial charge on any atom is 0.138 e. The second-order valence-electron chi connectivity index (χ2n) is 4.23. The van der Waals surface area contributed by atoms with Crippen LogP contribution in [0.25, 0.3) is 0 Å². The molecule has 2 aromatic rings. The molecule has 0 amide bonds. The standard InChI is InChI=1S/C13H19N5O/c1-3-19-11-6-4-10(5-7-11)12(17-14)8-13-15-9-16-18(13)2/h4-7,9,12,17H,3,8,14H2,1-2H3. The summed E-state index contributed by atoms with van der Waals surface area (Å²) in [6.45, 7) is 2.63. The van der Waals surface area contributed by atoms with E-state index in [1.165, 1.54) is 0 Å². The number of hydrazine groups is 1. The van der Waals surface area contributed by atoms with Crippen molar-refractivity contribution in [3.8, 4) is 5.75 Å². The Morgan fingerprint density at radius 1 is 1.37 bits per heavy atom. The van der Waals surface area contributed by atoms with Crippen LogP contribution in [0.15, 0.2) is 30.6 Å². The lowest BCUT2D eigenvalue weighted by atomic mass is 10.0. The molecule has 0 radical (unpaired) electrons. The van der Waals surface area contributed by atoms with Gasteiger partial charge in [0, 0.05) is 13.5 Å². The summed E-state index contributed by atoms with van der Waals surface area (Å²) in [6.07, 6.45) is 2.22. The predicted octanol–water partition coefficient (Wildman–Crippen LogP) is 0.961. The van der Waals surface area contributed by atoms with Gasteiger partial charge >= 0.3 is 0 Å². The van der Waals surface area contributed by atoms with Crippen LogP contribution in [-0.2, 0) is 13.5 Å². The molecule has 1 aromatic heterocycles. The van der Waals surface area contributed by atoms with Gasteiger partial charge in [0.25, 0.3) is 0 Å². The summed E-state index contributed by atoms with van der Waals surface area (Å²) in [4.78, 5) is 4.21. The molecule has 2 rings (SSSR count). The lowest BCUT2D eigenvalue weighted by Gasteiger charge is -2.16. The maximum absolute atomic E-state index is 5.63. The van der Waals surface area contributed by atoms with Crippen LogP contribution in [0.1, 0.15) is 24.4 Å². The fourth-order valence-corrected chi connectivity index (χ4v) is 1.92. The first kappa shape index (κ1) is 13.5. The second-order valence-corrected chi connectivity index (χ2v) is 4.23. The number of benzene rings is 1. The molecule has 1 aromatic carbocycles. The number of rotatable bonds is 6. The molecule has 102 valence electrons. The SMILES string of the molecule is CCOc1ccc(C(Cc2ncnn2C)NN)cc1. The zero-order valence-corrected chi connectivity index (χ0v) is 11.2. The van der Waals surface area contributed by atoms with Gasteiger partial charge in [0.2, 0.25) is 0 Å². The first-order chi connectivity index (χ1) is 9.24. The summed E-state index contributed by atoms with van der Waals surface area (Å²) >= 11 is 0. The van der Waals surface area contributed by atoms with Crippen molar-refractivity contribution in [2.45, 2.75) is 19.4 Å². The minimum atomic E-state index is -0.00132. The van der Waals surface area contributed by atoms with Crippen molar-refractivity contribution in [2.75, 3.05) is 6.61 Å². The molecule has 0 saturated heterocycles. The van der Waals surface area contributed by atoms with Crippen LogP contribution < -0.4 is 16.0 Å². The summed E-state index contributed by atoms with van der Waals surface area (Å²) in [6, 6.07) is 7.90. The molecule has 6 nitrogen and oxygen atoms in total. The third-order valence-corrected chi connectivity index (χ3v) is 2.99. The van der Waals surface area contributed by atoms with Gasteiger partial charge in [-0.25, -0.2) is 4.98 Å².